The summed E-state index contributed by atoms with van der Waals surface area (Å²) < 4.78 is 13.7. The van der Waals surface area contributed by atoms with E-state index in [0.29, 0.717) is 19.7 Å². The fourth-order valence-corrected chi connectivity index (χ4v) is 2.97. The number of carbonyl (C=O) groups is 1. The Kier molecular flexibility index (Phi) is 5.02. The lowest BCUT2D eigenvalue weighted by Gasteiger charge is -2.27. The third-order valence-corrected chi connectivity index (χ3v) is 4.09. The molecule has 0 saturated heterocycles. The van der Waals surface area contributed by atoms with Crippen LogP contribution >= 0.6 is 0 Å². The van der Waals surface area contributed by atoms with E-state index in [1.54, 1.807) is 4.90 Å². The highest BCUT2D eigenvalue weighted by Crippen LogP contribution is 2.25. The lowest BCUT2D eigenvalue weighted by Crippen LogP contribution is -2.39. The summed E-state index contributed by atoms with van der Waals surface area (Å²) in [6, 6.07) is 12.2. The Morgan fingerprint density at radius 1 is 1.12 bits per heavy atom. The topological polar surface area (TPSA) is 43.7 Å². The molecular formula is C20H26N2O3. The standard InChI is InChI=1S/C20H26N2O3/c1-20(2,3)25-19(23)21-12-6-8-16-9-7-13-22(16)17-10-4-5-11-18(17)24-15-14-21/h4-5,7,9-11,13H,6,8,12,14-15H2,1-3H3. The lowest BCUT2D eigenvalue weighted by molar-refractivity contribution is 0.0225. The van der Waals surface area contributed by atoms with Crippen molar-refractivity contribution in [2.45, 2.75) is 39.2 Å². The maximum Gasteiger partial charge on any atom is 0.410 e. The lowest BCUT2D eigenvalue weighted by atomic mass is 10.2. The van der Waals surface area contributed by atoms with Gasteiger partial charge in [-0.15, -0.1) is 0 Å². The number of rotatable bonds is 0. The number of hydrogen-bond acceptors (Lipinski definition) is 3. The van der Waals surface area contributed by atoms with Crippen LogP contribution in [0.5, 0.6) is 5.75 Å². The first-order valence-corrected chi connectivity index (χ1v) is 8.80. The van der Waals surface area contributed by atoms with Crippen LogP contribution in [0.4, 0.5) is 4.79 Å². The first kappa shape index (κ1) is 17.4. The van der Waals surface area contributed by atoms with E-state index >= 15 is 0 Å². The molecule has 0 spiro atoms. The molecule has 0 atom stereocenters. The molecule has 1 aromatic heterocycles. The molecule has 0 unspecified atom stereocenters. The zero-order valence-electron chi connectivity index (χ0n) is 15.2. The molecule has 2 heterocycles. The van der Waals surface area contributed by atoms with E-state index in [9.17, 15) is 4.79 Å². The fraction of sp³-hybridized carbons (Fsp3) is 0.450. The van der Waals surface area contributed by atoms with E-state index in [1.807, 2.05) is 45.0 Å². The van der Waals surface area contributed by atoms with Crippen molar-refractivity contribution in [1.82, 2.24) is 9.47 Å². The highest BCUT2D eigenvalue weighted by molar-refractivity contribution is 5.68. The van der Waals surface area contributed by atoms with Gasteiger partial charge in [-0.1, -0.05) is 12.1 Å². The second-order valence-electron chi connectivity index (χ2n) is 7.26. The Labute approximate surface area is 149 Å². The van der Waals surface area contributed by atoms with E-state index in [-0.39, 0.29) is 6.09 Å². The molecule has 0 N–H and O–H groups in total. The average molecular weight is 342 g/mol. The molecule has 0 bridgehead atoms. The average Bonchev–Trinajstić information content (AvgIpc) is 2.99. The zero-order valence-corrected chi connectivity index (χ0v) is 15.2. The summed E-state index contributed by atoms with van der Waals surface area (Å²) in [5.74, 6) is 0.825. The van der Waals surface area contributed by atoms with Crippen LogP contribution in [-0.4, -0.2) is 40.9 Å². The van der Waals surface area contributed by atoms with Gasteiger partial charge in [0.1, 0.15) is 18.0 Å². The summed E-state index contributed by atoms with van der Waals surface area (Å²) in [5.41, 5.74) is 1.75. The molecule has 1 aliphatic heterocycles. The minimum atomic E-state index is -0.495. The molecule has 0 aliphatic carbocycles. The van der Waals surface area contributed by atoms with Gasteiger partial charge in [-0.2, -0.15) is 0 Å². The zero-order chi connectivity index (χ0) is 17.9. The summed E-state index contributed by atoms with van der Waals surface area (Å²) >= 11 is 0. The number of hydrogen-bond donors (Lipinski definition) is 0. The molecule has 1 aliphatic rings. The molecule has 5 nitrogen and oxygen atoms in total. The summed E-state index contributed by atoms with van der Waals surface area (Å²) in [5, 5.41) is 0. The van der Waals surface area contributed by atoms with Gasteiger partial charge < -0.3 is 18.9 Å². The molecule has 3 rings (SSSR count). The second-order valence-corrected chi connectivity index (χ2v) is 7.26. The third kappa shape index (κ3) is 4.35. The monoisotopic (exact) mass is 342 g/mol. The van der Waals surface area contributed by atoms with Crippen LogP contribution in [0.15, 0.2) is 42.6 Å². The second kappa shape index (κ2) is 7.21. The largest absolute Gasteiger partial charge is 0.490 e. The molecule has 134 valence electrons. The summed E-state index contributed by atoms with van der Waals surface area (Å²) in [4.78, 5) is 14.2. The first-order chi connectivity index (χ1) is 11.9. The molecule has 0 radical (unpaired) electrons. The Morgan fingerprint density at radius 3 is 2.72 bits per heavy atom. The van der Waals surface area contributed by atoms with Crippen molar-refractivity contribution in [3.05, 3.63) is 48.3 Å². The summed E-state index contributed by atoms with van der Waals surface area (Å²) in [6.45, 7) is 7.26. The minimum absolute atomic E-state index is 0.279. The normalized spacial score (nSPS) is 15.4. The molecule has 25 heavy (non-hydrogen) atoms. The molecule has 0 saturated carbocycles. The molecule has 5 heteroatoms. The van der Waals surface area contributed by atoms with Crippen molar-refractivity contribution in [1.29, 1.82) is 0 Å². The van der Waals surface area contributed by atoms with Crippen LogP contribution in [-0.2, 0) is 11.2 Å². The fourth-order valence-electron chi connectivity index (χ4n) is 2.97. The van der Waals surface area contributed by atoms with Crippen molar-refractivity contribution in [3.8, 4) is 11.4 Å². The highest BCUT2D eigenvalue weighted by Gasteiger charge is 2.22. The quantitative estimate of drug-likeness (QED) is 0.726. The van der Waals surface area contributed by atoms with Crippen LogP contribution in [0.1, 0.15) is 32.9 Å². The van der Waals surface area contributed by atoms with Crippen molar-refractivity contribution >= 4 is 6.09 Å². The molecule has 1 aromatic carbocycles. The number of amides is 1. The number of nitrogens with zero attached hydrogens (tertiary/aromatic N) is 2. The predicted molar refractivity (Wildman–Crippen MR) is 97.4 cm³/mol. The van der Waals surface area contributed by atoms with Gasteiger partial charge in [0.05, 0.1) is 12.2 Å². The van der Waals surface area contributed by atoms with E-state index in [2.05, 4.69) is 22.9 Å². The number of aryl methyl sites for hydroxylation is 1. The van der Waals surface area contributed by atoms with Crippen molar-refractivity contribution in [3.63, 3.8) is 0 Å². The molecule has 0 fully saturated rings. The Balaban J connectivity index is 1.82. The number of benzene rings is 1. The van der Waals surface area contributed by atoms with Crippen molar-refractivity contribution in [2.75, 3.05) is 19.7 Å². The van der Waals surface area contributed by atoms with Gasteiger partial charge in [-0.3, -0.25) is 0 Å². The number of aromatic nitrogens is 1. The highest BCUT2D eigenvalue weighted by atomic mass is 16.6. The van der Waals surface area contributed by atoms with Crippen LogP contribution < -0.4 is 4.74 Å². The van der Waals surface area contributed by atoms with Crippen molar-refractivity contribution in [2.24, 2.45) is 0 Å². The van der Waals surface area contributed by atoms with E-state index < -0.39 is 5.60 Å². The Hall–Kier alpha value is -2.43. The maximum atomic E-state index is 12.4. The number of para-hydroxylation sites is 2. The first-order valence-electron chi connectivity index (χ1n) is 8.80. The predicted octanol–water partition coefficient (Wildman–Crippen LogP) is 4.04. The summed E-state index contributed by atoms with van der Waals surface area (Å²) in [6.07, 6.45) is 3.55. The van der Waals surface area contributed by atoms with Gasteiger partial charge >= 0.3 is 6.09 Å². The summed E-state index contributed by atoms with van der Waals surface area (Å²) in [7, 11) is 0. The van der Waals surface area contributed by atoms with E-state index in [0.717, 1.165) is 24.3 Å². The van der Waals surface area contributed by atoms with Crippen LogP contribution in [0.2, 0.25) is 0 Å². The number of carbonyl (C=O) groups excluding carboxylic acids is 1. The Bertz CT molecular complexity index is 731. The van der Waals surface area contributed by atoms with Gasteiger partial charge in [-0.25, -0.2) is 4.79 Å². The van der Waals surface area contributed by atoms with Crippen LogP contribution in [0.3, 0.4) is 0 Å². The van der Waals surface area contributed by atoms with Gasteiger partial charge in [-0.05, 0) is 57.9 Å². The molecule has 2 aromatic rings. The van der Waals surface area contributed by atoms with E-state index in [1.165, 1.54) is 5.69 Å². The molecular weight excluding hydrogens is 316 g/mol. The van der Waals surface area contributed by atoms with Gasteiger partial charge in [0.2, 0.25) is 0 Å². The van der Waals surface area contributed by atoms with Crippen molar-refractivity contribution < 1.29 is 14.3 Å². The number of ether oxygens (including phenoxy) is 2. The van der Waals surface area contributed by atoms with E-state index in [4.69, 9.17) is 9.47 Å². The van der Waals surface area contributed by atoms with Crippen LogP contribution in [0, 0.1) is 0 Å². The Morgan fingerprint density at radius 2 is 1.92 bits per heavy atom. The number of fused-ring (bicyclic) bond motifs is 3. The van der Waals surface area contributed by atoms with Gasteiger partial charge in [0.25, 0.3) is 0 Å². The third-order valence-electron chi connectivity index (χ3n) is 4.09. The minimum Gasteiger partial charge on any atom is -0.490 e. The van der Waals surface area contributed by atoms with Gasteiger partial charge in [0.15, 0.2) is 0 Å². The SMILES string of the molecule is CC(C)(C)OC(=O)N1CCCc2cccn2-c2ccccc2OCC1. The molecule has 1 amide bonds. The maximum absolute atomic E-state index is 12.4. The smallest absolute Gasteiger partial charge is 0.410 e. The van der Waals surface area contributed by atoms with Gasteiger partial charge in [0, 0.05) is 18.4 Å². The van der Waals surface area contributed by atoms with Crippen LogP contribution in [0.25, 0.3) is 5.69 Å².